The molecule has 3 fully saturated rings. The fourth-order valence-electron chi connectivity index (χ4n) is 4.37. The Kier molecular flexibility index (Phi) is 4.04. The minimum Gasteiger partial charge on any atom is -0.326 e. The van der Waals surface area contributed by atoms with Crippen LogP contribution in [-0.4, -0.2) is 53.6 Å². The lowest BCUT2D eigenvalue weighted by molar-refractivity contribution is -0.133. The Hall–Kier alpha value is -0.610. The van der Waals surface area contributed by atoms with Crippen LogP contribution in [0.25, 0.3) is 0 Å². The summed E-state index contributed by atoms with van der Waals surface area (Å²) >= 11 is 0. The molecule has 114 valence electrons. The number of hydrogen-bond donors (Lipinski definition) is 1. The fraction of sp³-hybridized carbons (Fsp3) is 0.938. The lowest BCUT2D eigenvalue weighted by atomic mass is 9.98. The van der Waals surface area contributed by atoms with E-state index in [1.165, 1.54) is 38.8 Å². The van der Waals surface area contributed by atoms with Crippen LogP contribution < -0.4 is 5.32 Å². The number of nitrogens with zero attached hydrogens (tertiary/aromatic N) is 2. The summed E-state index contributed by atoms with van der Waals surface area (Å²) in [5.41, 5.74) is -0.202. The monoisotopic (exact) mass is 279 g/mol. The largest absolute Gasteiger partial charge is 0.326 e. The van der Waals surface area contributed by atoms with Gasteiger partial charge in [-0.05, 0) is 51.6 Å². The highest BCUT2D eigenvalue weighted by Gasteiger charge is 2.50. The molecule has 20 heavy (non-hydrogen) atoms. The molecule has 0 aromatic heterocycles. The summed E-state index contributed by atoms with van der Waals surface area (Å²) in [6.07, 6.45) is 7.36. The van der Waals surface area contributed by atoms with Crippen LogP contribution in [0.15, 0.2) is 0 Å². The molecule has 0 aromatic rings. The molecular weight excluding hydrogens is 250 g/mol. The molecule has 2 unspecified atom stereocenters. The first-order valence-corrected chi connectivity index (χ1v) is 8.42. The van der Waals surface area contributed by atoms with Crippen LogP contribution in [0.5, 0.6) is 0 Å². The summed E-state index contributed by atoms with van der Waals surface area (Å²) in [5, 5.41) is 3.59. The highest BCUT2D eigenvalue weighted by atomic mass is 16.2. The number of nitrogens with one attached hydrogen (secondary N) is 1. The van der Waals surface area contributed by atoms with E-state index in [1.807, 2.05) is 0 Å². The van der Waals surface area contributed by atoms with E-state index in [4.69, 9.17) is 0 Å². The second-order valence-electron chi connectivity index (χ2n) is 7.18. The SMILES string of the molecule is CC(CN1CCCC1)CN1C(=O)C2(CCCC2)NC1C. The van der Waals surface area contributed by atoms with Gasteiger partial charge in [-0.2, -0.15) is 0 Å². The minimum atomic E-state index is -0.202. The van der Waals surface area contributed by atoms with Crippen LogP contribution in [0.4, 0.5) is 0 Å². The van der Waals surface area contributed by atoms with E-state index >= 15 is 0 Å². The molecule has 2 heterocycles. The maximum atomic E-state index is 12.8. The van der Waals surface area contributed by atoms with Gasteiger partial charge in [0.25, 0.3) is 0 Å². The first-order valence-electron chi connectivity index (χ1n) is 8.42. The zero-order valence-corrected chi connectivity index (χ0v) is 13.0. The Labute approximate surface area is 122 Å². The van der Waals surface area contributed by atoms with Gasteiger partial charge >= 0.3 is 0 Å². The van der Waals surface area contributed by atoms with Crippen LogP contribution in [-0.2, 0) is 4.79 Å². The molecule has 3 rings (SSSR count). The molecule has 2 atom stereocenters. The predicted octanol–water partition coefficient (Wildman–Crippen LogP) is 1.81. The average Bonchev–Trinajstić information content (AvgIpc) is 3.10. The summed E-state index contributed by atoms with van der Waals surface area (Å²) in [7, 11) is 0. The molecule has 1 aliphatic carbocycles. The van der Waals surface area contributed by atoms with Crippen molar-refractivity contribution in [1.29, 1.82) is 0 Å². The lowest BCUT2D eigenvalue weighted by Gasteiger charge is -2.27. The molecule has 0 radical (unpaired) electrons. The van der Waals surface area contributed by atoms with E-state index in [0.717, 1.165) is 25.9 Å². The first kappa shape index (κ1) is 14.3. The zero-order chi connectivity index (χ0) is 14.2. The van der Waals surface area contributed by atoms with Crippen molar-refractivity contribution in [3.8, 4) is 0 Å². The fourth-order valence-corrected chi connectivity index (χ4v) is 4.37. The number of amides is 1. The Bertz CT molecular complexity index is 359. The van der Waals surface area contributed by atoms with Gasteiger partial charge in [-0.15, -0.1) is 0 Å². The predicted molar refractivity (Wildman–Crippen MR) is 80.3 cm³/mol. The van der Waals surface area contributed by atoms with Gasteiger partial charge in [0.15, 0.2) is 0 Å². The van der Waals surface area contributed by atoms with Crippen molar-refractivity contribution in [2.24, 2.45) is 5.92 Å². The molecule has 0 aromatic carbocycles. The van der Waals surface area contributed by atoms with Gasteiger partial charge in [0.2, 0.25) is 5.91 Å². The Morgan fingerprint density at radius 3 is 2.50 bits per heavy atom. The van der Waals surface area contributed by atoms with Gasteiger partial charge in [-0.3, -0.25) is 10.1 Å². The molecule has 0 bridgehead atoms. The van der Waals surface area contributed by atoms with Crippen molar-refractivity contribution >= 4 is 5.91 Å². The third-order valence-corrected chi connectivity index (χ3v) is 5.36. The van der Waals surface area contributed by atoms with Gasteiger partial charge in [0.1, 0.15) is 0 Å². The van der Waals surface area contributed by atoms with E-state index in [-0.39, 0.29) is 11.7 Å². The van der Waals surface area contributed by atoms with Crippen LogP contribution in [0.3, 0.4) is 0 Å². The summed E-state index contributed by atoms with van der Waals surface area (Å²) in [6, 6.07) is 0. The maximum absolute atomic E-state index is 12.8. The molecule has 1 saturated carbocycles. The average molecular weight is 279 g/mol. The summed E-state index contributed by atoms with van der Waals surface area (Å²) in [5.74, 6) is 0.939. The van der Waals surface area contributed by atoms with Gasteiger partial charge < -0.3 is 9.80 Å². The second-order valence-corrected chi connectivity index (χ2v) is 7.18. The van der Waals surface area contributed by atoms with E-state index in [1.54, 1.807) is 0 Å². The third-order valence-electron chi connectivity index (χ3n) is 5.36. The molecule has 1 N–H and O–H groups in total. The molecule has 2 aliphatic heterocycles. The van der Waals surface area contributed by atoms with E-state index in [9.17, 15) is 4.79 Å². The highest BCUT2D eigenvalue weighted by Crippen LogP contribution is 2.36. The number of likely N-dealkylation sites (tertiary alicyclic amines) is 1. The topological polar surface area (TPSA) is 35.6 Å². The lowest BCUT2D eigenvalue weighted by Crippen LogP contribution is -2.44. The van der Waals surface area contributed by atoms with E-state index < -0.39 is 0 Å². The maximum Gasteiger partial charge on any atom is 0.244 e. The smallest absolute Gasteiger partial charge is 0.244 e. The zero-order valence-electron chi connectivity index (χ0n) is 13.0. The Balaban J connectivity index is 1.57. The quantitative estimate of drug-likeness (QED) is 0.852. The summed E-state index contributed by atoms with van der Waals surface area (Å²) in [6.45, 7) is 8.98. The van der Waals surface area contributed by atoms with Crippen molar-refractivity contribution in [1.82, 2.24) is 15.1 Å². The molecule has 1 amide bonds. The summed E-state index contributed by atoms with van der Waals surface area (Å²) in [4.78, 5) is 17.4. The number of rotatable bonds is 4. The van der Waals surface area contributed by atoms with Gasteiger partial charge in [-0.1, -0.05) is 19.8 Å². The van der Waals surface area contributed by atoms with Crippen LogP contribution in [0, 0.1) is 5.92 Å². The van der Waals surface area contributed by atoms with Crippen molar-refractivity contribution in [2.45, 2.75) is 64.1 Å². The van der Waals surface area contributed by atoms with Crippen LogP contribution in [0.1, 0.15) is 52.4 Å². The normalized spacial score (nSPS) is 31.6. The van der Waals surface area contributed by atoms with E-state index in [0.29, 0.717) is 11.8 Å². The van der Waals surface area contributed by atoms with Crippen molar-refractivity contribution in [3.05, 3.63) is 0 Å². The number of carbonyl (C=O) groups is 1. The van der Waals surface area contributed by atoms with Crippen molar-refractivity contribution < 1.29 is 4.79 Å². The van der Waals surface area contributed by atoms with E-state index in [2.05, 4.69) is 29.0 Å². The van der Waals surface area contributed by atoms with Crippen LogP contribution in [0.2, 0.25) is 0 Å². The highest BCUT2D eigenvalue weighted by molar-refractivity contribution is 5.89. The van der Waals surface area contributed by atoms with Gasteiger partial charge in [0, 0.05) is 13.1 Å². The van der Waals surface area contributed by atoms with Crippen LogP contribution >= 0.6 is 0 Å². The number of carbonyl (C=O) groups excluding carboxylic acids is 1. The molecule has 3 aliphatic rings. The minimum absolute atomic E-state index is 0.202. The number of hydrogen-bond acceptors (Lipinski definition) is 3. The molecule has 4 heteroatoms. The molecule has 2 saturated heterocycles. The molecule has 1 spiro atoms. The molecular formula is C16H29N3O. The first-order chi connectivity index (χ1) is 9.61. The third kappa shape index (κ3) is 2.60. The van der Waals surface area contributed by atoms with Gasteiger partial charge in [0.05, 0.1) is 11.7 Å². The van der Waals surface area contributed by atoms with Crippen molar-refractivity contribution in [3.63, 3.8) is 0 Å². The molecule has 4 nitrogen and oxygen atoms in total. The van der Waals surface area contributed by atoms with Crippen molar-refractivity contribution in [2.75, 3.05) is 26.2 Å². The van der Waals surface area contributed by atoms with Gasteiger partial charge in [-0.25, -0.2) is 0 Å². The standard InChI is InChI=1S/C16H29N3O/c1-13(11-18-9-5-6-10-18)12-19-14(2)17-16(15(19)20)7-3-4-8-16/h13-14,17H,3-12H2,1-2H3. The Morgan fingerprint density at radius 1 is 1.20 bits per heavy atom. The second kappa shape index (κ2) is 5.64. The summed E-state index contributed by atoms with van der Waals surface area (Å²) < 4.78 is 0. The Morgan fingerprint density at radius 2 is 1.85 bits per heavy atom.